The number of thiophene rings is 1. The third-order valence-electron chi connectivity index (χ3n) is 4.17. The highest BCUT2D eigenvalue weighted by molar-refractivity contribution is 7.14. The molecule has 1 aliphatic rings. The molecule has 0 spiro atoms. The normalized spacial score (nSPS) is 22.7. The summed E-state index contributed by atoms with van der Waals surface area (Å²) in [7, 11) is 0. The first-order chi connectivity index (χ1) is 6.80. The van der Waals surface area contributed by atoms with E-state index < -0.39 is 0 Å². The van der Waals surface area contributed by atoms with Gasteiger partial charge < -0.3 is 0 Å². The van der Waals surface area contributed by atoms with E-state index in [2.05, 4.69) is 27.7 Å². The zero-order chi connectivity index (χ0) is 11.4. The van der Waals surface area contributed by atoms with Gasteiger partial charge in [-0.1, -0.05) is 39.3 Å². The van der Waals surface area contributed by atoms with Crippen LogP contribution in [0.4, 0.5) is 0 Å². The van der Waals surface area contributed by atoms with Crippen molar-refractivity contribution in [3.63, 3.8) is 0 Å². The van der Waals surface area contributed by atoms with Gasteiger partial charge in [0.05, 0.1) is 0 Å². The molecule has 0 radical (unpaired) electrons. The fourth-order valence-corrected chi connectivity index (χ4v) is 3.41. The Kier molecular flexibility index (Phi) is 2.29. The van der Waals surface area contributed by atoms with Crippen molar-refractivity contribution < 1.29 is 4.79 Å². The van der Waals surface area contributed by atoms with Gasteiger partial charge in [0, 0.05) is 11.5 Å². The summed E-state index contributed by atoms with van der Waals surface area (Å²) in [4.78, 5) is 12.2. The lowest BCUT2D eigenvalue weighted by Gasteiger charge is -2.03. The third kappa shape index (κ3) is 1.38. The van der Waals surface area contributed by atoms with Gasteiger partial charge in [-0.25, -0.2) is 0 Å². The zero-order valence-corrected chi connectivity index (χ0v) is 11.0. The summed E-state index contributed by atoms with van der Waals surface area (Å²) >= 11 is 7.41. The van der Waals surface area contributed by atoms with Crippen LogP contribution >= 0.6 is 22.9 Å². The molecule has 15 heavy (non-hydrogen) atoms. The number of ketones is 1. The van der Waals surface area contributed by atoms with Crippen LogP contribution < -0.4 is 0 Å². The van der Waals surface area contributed by atoms with Crippen LogP contribution in [-0.2, 0) is 0 Å². The van der Waals surface area contributed by atoms with E-state index in [1.165, 1.54) is 11.3 Å². The lowest BCUT2D eigenvalue weighted by atomic mass is 10.0. The highest BCUT2D eigenvalue weighted by Gasteiger charge is 2.68. The van der Waals surface area contributed by atoms with Gasteiger partial charge in [-0.3, -0.25) is 4.79 Å². The highest BCUT2D eigenvalue weighted by Crippen LogP contribution is 2.69. The van der Waals surface area contributed by atoms with E-state index >= 15 is 0 Å². The van der Waals surface area contributed by atoms with Crippen molar-refractivity contribution in [1.82, 2.24) is 0 Å². The molecule has 1 fully saturated rings. The first-order valence-corrected chi connectivity index (χ1v) is 6.33. The van der Waals surface area contributed by atoms with Crippen molar-refractivity contribution in [2.75, 3.05) is 0 Å². The van der Waals surface area contributed by atoms with Crippen molar-refractivity contribution in [1.29, 1.82) is 0 Å². The molecule has 1 nitrogen and oxygen atoms in total. The van der Waals surface area contributed by atoms with Crippen LogP contribution in [0.3, 0.4) is 0 Å². The van der Waals surface area contributed by atoms with E-state index in [0.29, 0.717) is 9.90 Å². The van der Waals surface area contributed by atoms with E-state index in [9.17, 15) is 4.79 Å². The molecule has 82 valence electrons. The van der Waals surface area contributed by atoms with E-state index in [1.807, 2.05) is 11.4 Å². The summed E-state index contributed by atoms with van der Waals surface area (Å²) in [6, 6.07) is 1.83. The molecule has 3 heteroatoms. The molecule has 1 aromatic rings. The predicted octanol–water partition coefficient (Wildman–Crippen LogP) is 4.27. The molecule has 1 heterocycles. The summed E-state index contributed by atoms with van der Waals surface area (Å²) in [5.74, 6) is 0.313. The molecule has 0 N–H and O–H groups in total. The molecule has 1 aromatic heterocycles. The molecule has 0 saturated heterocycles. The van der Waals surface area contributed by atoms with E-state index in [4.69, 9.17) is 11.6 Å². The molecular weight excluding hydrogens is 228 g/mol. The van der Waals surface area contributed by atoms with Gasteiger partial charge in [-0.2, -0.15) is 0 Å². The van der Waals surface area contributed by atoms with Crippen LogP contribution in [0.25, 0.3) is 0 Å². The van der Waals surface area contributed by atoms with Gasteiger partial charge in [0.2, 0.25) is 0 Å². The van der Waals surface area contributed by atoms with Gasteiger partial charge in [-0.05, 0) is 22.3 Å². The Bertz CT molecular complexity index is 403. The fourth-order valence-electron chi connectivity index (χ4n) is 2.48. The Hall–Kier alpha value is -0.340. The number of halogens is 1. The molecule has 0 bridgehead atoms. The van der Waals surface area contributed by atoms with Crippen LogP contribution in [0.2, 0.25) is 4.34 Å². The van der Waals surface area contributed by atoms with Crippen LogP contribution in [0.5, 0.6) is 0 Å². The molecule has 1 aliphatic carbocycles. The topological polar surface area (TPSA) is 17.1 Å². The number of hydrogen-bond donors (Lipinski definition) is 0. The van der Waals surface area contributed by atoms with Crippen molar-refractivity contribution >= 4 is 28.7 Å². The average molecular weight is 243 g/mol. The first-order valence-electron chi connectivity index (χ1n) is 5.07. The van der Waals surface area contributed by atoms with E-state index in [0.717, 1.165) is 0 Å². The number of rotatable bonds is 2. The molecular formula is C12H15ClOS. The number of hydrogen-bond acceptors (Lipinski definition) is 2. The summed E-state index contributed by atoms with van der Waals surface area (Å²) in [6.07, 6.45) is 0. The second kappa shape index (κ2) is 3.08. The Morgan fingerprint density at radius 3 is 2.20 bits per heavy atom. The first kappa shape index (κ1) is 11.2. The maximum atomic E-state index is 12.2. The quantitative estimate of drug-likeness (QED) is 0.708. The molecule has 0 unspecified atom stereocenters. The second-order valence-electron chi connectivity index (χ2n) is 5.35. The van der Waals surface area contributed by atoms with Crippen LogP contribution in [0.15, 0.2) is 11.4 Å². The van der Waals surface area contributed by atoms with Crippen molar-refractivity contribution in [2.45, 2.75) is 27.7 Å². The van der Waals surface area contributed by atoms with Crippen LogP contribution in [0, 0.1) is 16.7 Å². The van der Waals surface area contributed by atoms with E-state index in [1.54, 1.807) is 0 Å². The maximum absolute atomic E-state index is 12.2. The van der Waals surface area contributed by atoms with Gasteiger partial charge in [0.15, 0.2) is 5.78 Å². The Labute approximate surface area is 99.5 Å². The summed E-state index contributed by atoms with van der Waals surface area (Å²) in [6.45, 7) is 8.59. The van der Waals surface area contributed by atoms with Crippen LogP contribution in [0.1, 0.15) is 38.1 Å². The Morgan fingerprint density at radius 1 is 1.33 bits per heavy atom. The SMILES string of the molecule is CC1(C)C(C(=O)c2ccsc2Cl)C1(C)C. The number of Topliss-reactive ketones (excluding diaryl/α,β-unsaturated/α-hetero) is 1. The second-order valence-corrected chi connectivity index (χ2v) is 6.87. The molecule has 1 saturated carbocycles. The Balaban J connectivity index is 2.30. The minimum absolute atomic E-state index is 0.0926. The lowest BCUT2D eigenvalue weighted by Crippen LogP contribution is -2.06. The molecule has 0 amide bonds. The number of carbonyl (C=O) groups excluding carboxylic acids is 1. The van der Waals surface area contributed by atoms with Gasteiger partial charge >= 0.3 is 0 Å². The van der Waals surface area contributed by atoms with Crippen LogP contribution in [-0.4, -0.2) is 5.78 Å². The molecule has 0 atom stereocenters. The van der Waals surface area contributed by atoms with E-state index in [-0.39, 0.29) is 22.5 Å². The lowest BCUT2D eigenvalue weighted by molar-refractivity contribution is 0.0946. The van der Waals surface area contributed by atoms with Crippen molar-refractivity contribution in [2.24, 2.45) is 16.7 Å². The third-order valence-corrected chi connectivity index (χ3v) is 5.34. The maximum Gasteiger partial charge on any atom is 0.169 e. The van der Waals surface area contributed by atoms with Gasteiger partial charge in [0.1, 0.15) is 4.34 Å². The highest BCUT2D eigenvalue weighted by atomic mass is 35.5. The van der Waals surface area contributed by atoms with Gasteiger partial charge in [-0.15, -0.1) is 11.3 Å². The monoisotopic (exact) mass is 242 g/mol. The Morgan fingerprint density at radius 2 is 1.87 bits per heavy atom. The molecule has 0 aromatic carbocycles. The summed E-state index contributed by atoms with van der Waals surface area (Å²) in [5.41, 5.74) is 0.885. The largest absolute Gasteiger partial charge is 0.294 e. The zero-order valence-electron chi connectivity index (χ0n) is 9.43. The average Bonchev–Trinajstić information content (AvgIpc) is 2.48. The molecule has 0 aliphatic heterocycles. The smallest absolute Gasteiger partial charge is 0.169 e. The van der Waals surface area contributed by atoms with Crippen molar-refractivity contribution in [3.05, 3.63) is 21.3 Å². The summed E-state index contributed by atoms with van der Waals surface area (Å²) < 4.78 is 0.624. The summed E-state index contributed by atoms with van der Waals surface area (Å²) in [5, 5.41) is 1.87. The van der Waals surface area contributed by atoms with Gasteiger partial charge in [0.25, 0.3) is 0 Å². The van der Waals surface area contributed by atoms with Crippen molar-refractivity contribution in [3.8, 4) is 0 Å². The number of carbonyl (C=O) groups is 1. The predicted molar refractivity (Wildman–Crippen MR) is 64.7 cm³/mol. The minimum atomic E-state index is 0.0926. The molecule has 2 rings (SSSR count). The fraction of sp³-hybridized carbons (Fsp3) is 0.583. The minimum Gasteiger partial charge on any atom is -0.294 e. The standard InChI is InChI=1S/C12H15ClOS/c1-11(2)9(12(11,3)4)8(14)7-5-6-15-10(7)13/h5-6,9H,1-4H3.